The van der Waals surface area contributed by atoms with Crippen LogP contribution in [0.5, 0.6) is 0 Å². The van der Waals surface area contributed by atoms with Crippen molar-refractivity contribution in [2.24, 2.45) is 0 Å². The Morgan fingerprint density at radius 1 is 0.365 bits per heavy atom. The van der Waals surface area contributed by atoms with Crippen LogP contribution in [-0.4, -0.2) is 0 Å². The molecular formula is C48H29NO2S. The van der Waals surface area contributed by atoms with E-state index in [2.05, 4.69) is 163 Å². The molecule has 3 aromatic heterocycles. The molecule has 0 radical (unpaired) electrons. The molecule has 0 spiro atoms. The molecule has 3 nitrogen and oxygen atoms in total. The summed E-state index contributed by atoms with van der Waals surface area (Å²) in [4.78, 5) is 2.32. The van der Waals surface area contributed by atoms with Gasteiger partial charge in [-0.1, -0.05) is 115 Å². The van der Waals surface area contributed by atoms with Gasteiger partial charge in [-0.25, -0.2) is 0 Å². The highest BCUT2D eigenvalue weighted by molar-refractivity contribution is 7.25. The van der Waals surface area contributed by atoms with E-state index in [4.69, 9.17) is 8.83 Å². The molecule has 52 heavy (non-hydrogen) atoms. The number of para-hydroxylation sites is 3. The number of anilines is 3. The lowest BCUT2D eigenvalue weighted by Crippen LogP contribution is -2.10. The van der Waals surface area contributed by atoms with E-state index in [-0.39, 0.29) is 0 Å². The fourth-order valence-corrected chi connectivity index (χ4v) is 8.89. The van der Waals surface area contributed by atoms with Crippen molar-refractivity contribution >= 4 is 92.4 Å². The van der Waals surface area contributed by atoms with Crippen molar-refractivity contribution in [3.05, 3.63) is 176 Å². The summed E-state index contributed by atoms with van der Waals surface area (Å²) in [5.41, 5.74) is 11.1. The molecule has 0 fully saturated rings. The SMILES string of the molecule is c1ccc(-c2ccc3sc4ccc(N(c5ccc6c(c5)oc5ccccc56)c5cccc6c5oc5c(-c7ccccc7)cccc56)cc4c3c2)cc1. The molecule has 0 bridgehead atoms. The molecule has 0 saturated carbocycles. The number of rotatable bonds is 5. The van der Waals surface area contributed by atoms with Crippen LogP contribution in [0, 0.1) is 0 Å². The number of hydrogen-bond donors (Lipinski definition) is 0. The molecule has 0 amide bonds. The Kier molecular flexibility index (Phi) is 6.42. The van der Waals surface area contributed by atoms with Gasteiger partial charge in [0.2, 0.25) is 0 Å². The minimum Gasteiger partial charge on any atom is -0.456 e. The van der Waals surface area contributed by atoms with Gasteiger partial charge < -0.3 is 13.7 Å². The quantitative estimate of drug-likeness (QED) is 0.181. The first kappa shape index (κ1) is 29.1. The lowest BCUT2D eigenvalue weighted by molar-refractivity contribution is 0.668. The fraction of sp³-hybridized carbons (Fsp3) is 0. The standard InChI is InChI=1S/C48H29NO2S/c1-3-11-30(12-4-1)32-21-25-45-40(27-32)41-28-33(23-26-46(41)52-45)49(34-22-24-37-36-15-7-8-20-43(36)50-44(37)29-34)42-19-10-18-39-38-17-9-16-35(47(38)51-48(39)42)31-13-5-2-6-14-31/h1-29H. The zero-order valence-electron chi connectivity index (χ0n) is 27.9. The van der Waals surface area contributed by atoms with E-state index in [1.165, 1.54) is 31.3 Å². The van der Waals surface area contributed by atoms with Crippen molar-refractivity contribution in [3.63, 3.8) is 0 Å². The zero-order chi connectivity index (χ0) is 34.2. The molecular weight excluding hydrogens is 655 g/mol. The smallest absolute Gasteiger partial charge is 0.159 e. The van der Waals surface area contributed by atoms with E-state index in [1.807, 2.05) is 29.5 Å². The molecule has 0 aliphatic rings. The van der Waals surface area contributed by atoms with Gasteiger partial charge in [-0.2, -0.15) is 0 Å². The lowest BCUT2D eigenvalue weighted by atomic mass is 10.0. The summed E-state index contributed by atoms with van der Waals surface area (Å²) < 4.78 is 15.9. The Labute approximate surface area is 303 Å². The summed E-state index contributed by atoms with van der Waals surface area (Å²) in [5, 5.41) is 6.87. The molecule has 0 aliphatic carbocycles. The molecule has 0 N–H and O–H groups in total. The third kappa shape index (κ3) is 4.51. The van der Waals surface area contributed by atoms with Crippen LogP contribution in [0.1, 0.15) is 0 Å². The van der Waals surface area contributed by atoms with E-state index in [9.17, 15) is 0 Å². The van der Waals surface area contributed by atoms with Gasteiger partial charge in [0, 0.05) is 59.0 Å². The van der Waals surface area contributed by atoms with Crippen LogP contribution in [0.2, 0.25) is 0 Å². The molecule has 11 aromatic rings. The number of thiophene rings is 1. The highest BCUT2D eigenvalue weighted by atomic mass is 32.1. The topological polar surface area (TPSA) is 29.5 Å². The number of nitrogens with zero attached hydrogens (tertiary/aromatic N) is 1. The van der Waals surface area contributed by atoms with Gasteiger partial charge in [0.1, 0.15) is 16.7 Å². The third-order valence-electron chi connectivity index (χ3n) is 10.3. The second-order valence-corrected chi connectivity index (χ2v) is 14.4. The number of hydrogen-bond acceptors (Lipinski definition) is 4. The van der Waals surface area contributed by atoms with Gasteiger partial charge in [0.15, 0.2) is 5.58 Å². The summed E-state index contributed by atoms with van der Waals surface area (Å²) in [5.74, 6) is 0. The predicted octanol–water partition coefficient (Wildman–Crippen LogP) is 14.7. The maximum atomic E-state index is 6.97. The Morgan fingerprint density at radius 2 is 1.00 bits per heavy atom. The average Bonchev–Trinajstić information content (AvgIpc) is 3.90. The van der Waals surface area contributed by atoms with E-state index >= 15 is 0 Å². The van der Waals surface area contributed by atoms with Gasteiger partial charge in [0.25, 0.3) is 0 Å². The summed E-state index contributed by atoms with van der Waals surface area (Å²) in [6, 6.07) is 62.4. The van der Waals surface area contributed by atoms with E-state index in [0.29, 0.717) is 0 Å². The van der Waals surface area contributed by atoms with Gasteiger partial charge in [-0.3, -0.25) is 0 Å². The summed E-state index contributed by atoms with van der Waals surface area (Å²) >= 11 is 1.83. The molecule has 0 unspecified atom stereocenters. The van der Waals surface area contributed by atoms with Crippen LogP contribution >= 0.6 is 11.3 Å². The molecule has 4 heteroatoms. The number of furan rings is 2. The first-order valence-electron chi connectivity index (χ1n) is 17.5. The molecule has 0 aliphatic heterocycles. The Morgan fingerprint density at radius 3 is 1.85 bits per heavy atom. The van der Waals surface area contributed by atoms with Crippen LogP contribution in [0.25, 0.3) is 86.3 Å². The minimum absolute atomic E-state index is 0.840. The van der Waals surface area contributed by atoms with Gasteiger partial charge in [-0.05, 0) is 71.3 Å². The Hall–Kier alpha value is -6.62. The zero-order valence-corrected chi connectivity index (χ0v) is 28.7. The summed E-state index contributed by atoms with van der Waals surface area (Å²) in [6.07, 6.45) is 0. The minimum atomic E-state index is 0.840. The maximum absolute atomic E-state index is 6.97. The van der Waals surface area contributed by atoms with E-state index < -0.39 is 0 Å². The second kappa shape index (κ2) is 11.5. The lowest BCUT2D eigenvalue weighted by Gasteiger charge is -2.25. The third-order valence-corrected chi connectivity index (χ3v) is 11.4. The predicted molar refractivity (Wildman–Crippen MR) is 219 cm³/mol. The van der Waals surface area contributed by atoms with Crippen LogP contribution in [-0.2, 0) is 0 Å². The van der Waals surface area contributed by atoms with E-state index in [1.54, 1.807) is 0 Å². The van der Waals surface area contributed by atoms with Gasteiger partial charge >= 0.3 is 0 Å². The molecule has 0 atom stereocenters. The van der Waals surface area contributed by atoms with Crippen molar-refractivity contribution in [2.45, 2.75) is 0 Å². The van der Waals surface area contributed by atoms with Crippen LogP contribution in [0.3, 0.4) is 0 Å². The molecule has 0 saturated heterocycles. The van der Waals surface area contributed by atoms with Crippen molar-refractivity contribution in [2.75, 3.05) is 4.90 Å². The fourth-order valence-electron chi connectivity index (χ4n) is 7.82. The molecule has 3 heterocycles. The largest absolute Gasteiger partial charge is 0.456 e. The van der Waals surface area contributed by atoms with Crippen LogP contribution < -0.4 is 4.90 Å². The van der Waals surface area contributed by atoms with Crippen molar-refractivity contribution < 1.29 is 8.83 Å². The molecule has 11 rings (SSSR count). The molecule has 8 aromatic carbocycles. The first-order valence-corrected chi connectivity index (χ1v) is 18.3. The highest BCUT2D eigenvalue weighted by Gasteiger charge is 2.22. The van der Waals surface area contributed by atoms with Crippen molar-refractivity contribution in [3.8, 4) is 22.3 Å². The number of fused-ring (bicyclic) bond motifs is 9. The van der Waals surface area contributed by atoms with Crippen molar-refractivity contribution in [1.82, 2.24) is 0 Å². The summed E-state index contributed by atoms with van der Waals surface area (Å²) in [7, 11) is 0. The van der Waals surface area contributed by atoms with Crippen LogP contribution in [0.15, 0.2) is 185 Å². The van der Waals surface area contributed by atoms with Crippen molar-refractivity contribution in [1.29, 1.82) is 0 Å². The van der Waals surface area contributed by atoms with Gasteiger partial charge in [-0.15, -0.1) is 11.3 Å². The number of benzene rings is 8. The second-order valence-electron chi connectivity index (χ2n) is 13.3. The van der Waals surface area contributed by atoms with Crippen LogP contribution in [0.4, 0.5) is 17.1 Å². The summed E-state index contributed by atoms with van der Waals surface area (Å²) in [6.45, 7) is 0. The average molecular weight is 684 g/mol. The Balaban J connectivity index is 1.17. The van der Waals surface area contributed by atoms with E-state index in [0.717, 1.165) is 72.1 Å². The molecule has 244 valence electrons. The Bertz CT molecular complexity index is 3130. The first-order chi connectivity index (χ1) is 25.8. The van der Waals surface area contributed by atoms with Gasteiger partial charge in [0.05, 0.1) is 11.4 Å². The maximum Gasteiger partial charge on any atom is 0.159 e. The normalized spacial score (nSPS) is 11.8. The monoisotopic (exact) mass is 683 g/mol. The highest BCUT2D eigenvalue weighted by Crippen LogP contribution is 2.47.